The average Bonchev–Trinajstić information content (AvgIpc) is 2.30. The Labute approximate surface area is 72.2 Å². The highest BCUT2D eigenvalue weighted by molar-refractivity contribution is 5.76. The fraction of sp³-hybridized carbons (Fsp3) is 0.857. The van der Waals surface area contributed by atoms with E-state index in [4.69, 9.17) is 10.2 Å². The minimum Gasteiger partial charge on any atom is -0.481 e. The molecule has 0 radical (unpaired) electrons. The summed E-state index contributed by atoms with van der Waals surface area (Å²) in [7, 11) is 0. The second kappa shape index (κ2) is 2.87. The van der Waals surface area contributed by atoms with Gasteiger partial charge in [-0.1, -0.05) is 0 Å². The van der Waals surface area contributed by atoms with E-state index in [9.17, 15) is 18.0 Å². The van der Waals surface area contributed by atoms with Gasteiger partial charge in [0.1, 0.15) is 0 Å². The van der Waals surface area contributed by atoms with Crippen LogP contribution in [-0.4, -0.2) is 28.5 Å². The van der Waals surface area contributed by atoms with Crippen LogP contribution < -0.4 is 0 Å². The van der Waals surface area contributed by atoms with Gasteiger partial charge in [0.2, 0.25) is 0 Å². The van der Waals surface area contributed by atoms with E-state index < -0.39 is 36.5 Å². The number of aliphatic hydroxyl groups excluding tert-OH is 1. The zero-order valence-corrected chi connectivity index (χ0v) is 6.64. The van der Waals surface area contributed by atoms with E-state index in [1.54, 1.807) is 0 Å². The van der Waals surface area contributed by atoms with Crippen LogP contribution in [0.4, 0.5) is 13.2 Å². The molecule has 0 spiro atoms. The summed E-state index contributed by atoms with van der Waals surface area (Å²) in [6.45, 7) is 0. The Balaban J connectivity index is 2.97. The van der Waals surface area contributed by atoms with Crippen molar-refractivity contribution in [2.45, 2.75) is 31.5 Å². The Morgan fingerprint density at radius 1 is 1.46 bits per heavy atom. The largest absolute Gasteiger partial charge is 0.481 e. The van der Waals surface area contributed by atoms with Crippen LogP contribution in [0.1, 0.15) is 19.3 Å². The Kier molecular flexibility index (Phi) is 2.27. The molecule has 0 heterocycles. The molecule has 1 saturated carbocycles. The van der Waals surface area contributed by atoms with Gasteiger partial charge in [-0.3, -0.25) is 4.79 Å². The van der Waals surface area contributed by atoms with E-state index in [1.807, 2.05) is 0 Å². The zero-order valence-electron chi connectivity index (χ0n) is 6.64. The molecule has 0 aromatic heterocycles. The lowest BCUT2D eigenvalue weighted by molar-refractivity contribution is -0.231. The number of carboxylic acids is 1. The van der Waals surface area contributed by atoms with Crippen molar-refractivity contribution in [2.24, 2.45) is 5.41 Å². The lowest BCUT2D eigenvalue weighted by Crippen LogP contribution is -2.43. The van der Waals surface area contributed by atoms with Crippen molar-refractivity contribution in [1.29, 1.82) is 0 Å². The van der Waals surface area contributed by atoms with Crippen molar-refractivity contribution in [3.63, 3.8) is 0 Å². The molecule has 76 valence electrons. The minimum atomic E-state index is -4.78. The maximum Gasteiger partial charge on any atom is 0.405 e. The van der Waals surface area contributed by atoms with Gasteiger partial charge in [0.25, 0.3) is 0 Å². The highest BCUT2D eigenvalue weighted by Gasteiger charge is 2.63. The molecule has 1 rings (SSSR count). The first-order chi connectivity index (χ1) is 5.79. The van der Waals surface area contributed by atoms with Gasteiger partial charge in [0, 0.05) is 0 Å². The van der Waals surface area contributed by atoms with E-state index in [1.165, 1.54) is 0 Å². The third-order valence-electron chi connectivity index (χ3n) is 2.44. The molecule has 0 unspecified atom stereocenters. The van der Waals surface area contributed by atoms with Gasteiger partial charge in [-0.25, -0.2) is 0 Å². The van der Waals surface area contributed by atoms with Crippen molar-refractivity contribution >= 4 is 5.97 Å². The normalized spacial score (nSPS) is 34.9. The number of halogens is 3. The third-order valence-corrected chi connectivity index (χ3v) is 2.44. The van der Waals surface area contributed by atoms with Gasteiger partial charge < -0.3 is 10.2 Å². The lowest BCUT2D eigenvalue weighted by Gasteiger charge is -2.26. The second-order valence-corrected chi connectivity index (χ2v) is 3.28. The van der Waals surface area contributed by atoms with Crippen LogP contribution in [0.2, 0.25) is 0 Å². The van der Waals surface area contributed by atoms with Crippen LogP contribution in [-0.2, 0) is 4.79 Å². The fourth-order valence-corrected chi connectivity index (χ4v) is 1.59. The Bertz CT molecular complexity index is 226. The van der Waals surface area contributed by atoms with Gasteiger partial charge in [0.15, 0.2) is 5.41 Å². The van der Waals surface area contributed by atoms with Crippen LogP contribution in [0, 0.1) is 5.41 Å². The van der Waals surface area contributed by atoms with Gasteiger partial charge in [-0.15, -0.1) is 0 Å². The summed E-state index contributed by atoms with van der Waals surface area (Å²) in [4.78, 5) is 10.5. The number of carbonyl (C=O) groups is 1. The molecule has 13 heavy (non-hydrogen) atoms. The average molecular weight is 198 g/mol. The predicted octanol–water partition coefficient (Wildman–Crippen LogP) is 1.16. The summed E-state index contributed by atoms with van der Waals surface area (Å²) >= 11 is 0. The van der Waals surface area contributed by atoms with Crippen molar-refractivity contribution in [3.8, 4) is 0 Å². The fourth-order valence-electron chi connectivity index (χ4n) is 1.59. The minimum absolute atomic E-state index is 0.105. The van der Waals surface area contributed by atoms with E-state index >= 15 is 0 Å². The highest BCUT2D eigenvalue weighted by atomic mass is 19.4. The van der Waals surface area contributed by atoms with Crippen molar-refractivity contribution in [2.75, 3.05) is 0 Å². The second-order valence-electron chi connectivity index (χ2n) is 3.28. The molecule has 0 bridgehead atoms. The van der Waals surface area contributed by atoms with Crippen molar-refractivity contribution in [1.82, 2.24) is 0 Å². The molecule has 0 aliphatic heterocycles. The number of rotatable bonds is 1. The molecule has 0 aromatic rings. The summed E-state index contributed by atoms with van der Waals surface area (Å²) in [6, 6.07) is 0. The molecule has 1 aliphatic carbocycles. The molecule has 0 amide bonds. The SMILES string of the molecule is O=C(O)[C@@]1(C(F)(F)F)CC[C@@H](O)C1. The predicted molar refractivity (Wildman–Crippen MR) is 36.0 cm³/mol. The maximum absolute atomic E-state index is 12.3. The van der Waals surface area contributed by atoms with Crippen LogP contribution in [0.3, 0.4) is 0 Å². The molecule has 2 N–H and O–H groups in total. The quantitative estimate of drug-likeness (QED) is 0.664. The van der Waals surface area contributed by atoms with Gasteiger partial charge in [0.05, 0.1) is 6.10 Å². The standard InChI is InChI=1S/C7H9F3O3/c8-7(9,10)6(5(12)13)2-1-4(11)3-6/h4,11H,1-3H2,(H,12,13)/t4-,6-/m1/s1. The van der Waals surface area contributed by atoms with E-state index in [-0.39, 0.29) is 6.42 Å². The van der Waals surface area contributed by atoms with Crippen LogP contribution in [0.15, 0.2) is 0 Å². The molecule has 1 fully saturated rings. The highest BCUT2D eigenvalue weighted by Crippen LogP contribution is 2.50. The molecular weight excluding hydrogens is 189 g/mol. The van der Waals surface area contributed by atoms with E-state index in [0.29, 0.717) is 0 Å². The first-order valence-corrected chi connectivity index (χ1v) is 3.78. The molecule has 1 aliphatic rings. The number of aliphatic carboxylic acids is 1. The maximum atomic E-state index is 12.3. The first-order valence-electron chi connectivity index (χ1n) is 3.78. The van der Waals surface area contributed by atoms with E-state index in [2.05, 4.69) is 0 Å². The summed E-state index contributed by atoms with van der Waals surface area (Å²) in [5, 5.41) is 17.4. The summed E-state index contributed by atoms with van der Waals surface area (Å²) in [6.07, 6.45) is -7.31. The van der Waals surface area contributed by atoms with Gasteiger partial charge in [-0.2, -0.15) is 13.2 Å². The molecule has 6 heteroatoms. The third kappa shape index (κ3) is 1.50. The summed E-state index contributed by atoms with van der Waals surface area (Å²) in [5.74, 6) is -1.89. The van der Waals surface area contributed by atoms with Crippen LogP contribution >= 0.6 is 0 Å². The number of hydrogen-bond donors (Lipinski definition) is 2. The number of carboxylic acid groups (broad SMARTS) is 1. The Morgan fingerprint density at radius 3 is 2.15 bits per heavy atom. The molecule has 0 saturated heterocycles. The van der Waals surface area contributed by atoms with Crippen LogP contribution in [0.25, 0.3) is 0 Å². The number of aliphatic hydroxyl groups is 1. The van der Waals surface area contributed by atoms with Gasteiger partial charge in [-0.05, 0) is 19.3 Å². The molecule has 3 nitrogen and oxygen atoms in total. The number of alkyl halides is 3. The molecule has 0 aromatic carbocycles. The zero-order chi connectivity index (χ0) is 10.3. The van der Waals surface area contributed by atoms with Crippen LogP contribution in [0.5, 0.6) is 0 Å². The topological polar surface area (TPSA) is 57.5 Å². The summed E-state index contributed by atoms with van der Waals surface area (Å²) < 4.78 is 37.0. The molecule has 2 atom stereocenters. The number of hydrogen-bond acceptors (Lipinski definition) is 2. The van der Waals surface area contributed by atoms with Crippen molar-refractivity contribution in [3.05, 3.63) is 0 Å². The monoisotopic (exact) mass is 198 g/mol. The first kappa shape index (κ1) is 10.3. The lowest BCUT2D eigenvalue weighted by atomic mass is 9.85. The van der Waals surface area contributed by atoms with Gasteiger partial charge >= 0.3 is 12.1 Å². The summed E-state index contributed by atoms with van der Waals surface area (Å²) in [5.41, 5.74) is -2.73. The molecular formula is C7H9F3O3. The Morgan fingerprint density at radius 2 is 2.00 bits per heavy atom. The van der Waals surface area contributed by atoms with Crippen molar-refractivity contribution < 1.29 is 28.2 Å². The Hall–Kier alpha value is -0.780. The smallest absolute Gasteiger partial charge is 0.405 e. The van der Waals surface area contributed by atoms with E-state index in [0.717, 1.165) is 0 Å².